The van der Waals surface area contributed by atoms with Crippen molar-refractivity contribution >= 4 is 34.0 Å². The Morgan fingerprint density at radius 2 is 1.79 bits per heavy atom. The molecule has 0 aromatic heterocycles. The Hall–Kier alpha value is -2.29. The third-order valence-electron chi connectivity index (χ3n) is 3.77. The van der Waals surface area contributed by atoms with Crippen LogP contribution in [0.2, 0.25) is 0 Å². The SMILES string of the molecule is CCCNCCNC(=O)c1cccc(S(=O)(=O)Nc2ccccc2OC)c1.Cl. The summed E-state index contributed by atoms with van der Waals surface area (Å²) < 4.78 is 33.0. The number of carbonyl (C=O) groups is 1. The van der Waals surface area contributed by atoms with Crippen LogP contribution in [0.1, 0.15) is 23.7 Å². The molecule has 0 radical (unpaired) electrons. The lowest BCUT2D eigenvalue weighted by molar-refractivity contribution is 0.0953. The van der Waals surface area contributed by atoms with Gasteiger partial charge in [0.25, 0.3) is 15.9 Å². The third-order valence-corrected chi connectivity index (χ3v) is 5.14. The first-order valence-corrected chi connectivity index (χ1v) is 10.2. The molecule has 0 aliphatic rings. The standard InChI is InChI=1S/C19H25N3O4S.ClH/c1-3-11-20-12-13-21-19(23)15-7-6-8-16(14-15)27(24,25)22-17-9-4-5-10-18(17)26-2;/h4-10,14,20,22H,3,11-13H2,1-2H3,(H,21,23);1H. The van der Waals surface area contributed by atoms with Gasteiger partial charge in [-0.25, -0.2) is 8.42 Å². The first kappa shape index (κ1) is 23.7. The number of halogens is 1. The lowest BCUT2D eigenvalue weighted by Gasteiger charge is -2.12. The number of nitrogens with one attached hydrogen (secondary N) is 3. The Balaban J connectivity index is 0.00000392. The summed E-state index contributed by atoms with van der Waals surface area (Å²) in [6.07, 6.45) is 1.02. The fourth-order valence-corrected chi connectivity index (χ4v) is 3.52. The number of anilines is 1. The minimum absolute atomic E-state index is 0. The molecule has 2 aromatic rings. The molecule has 2 rings (SSSR count). The van der Waals surface area contributed by atoms with Crippen LogP contribution in [-0.4, -0.2) is 41.1 Å². The molecule has 0 fully saturated rings. The fraction of sp³-hybridized carbons (Fsp3) is 0.316. The summed E-state index contributed by atoms with van der Waals surface area (Å²) in [7, 11) is -2.39. The Bertz CT molecular complexity index is 875. The van der Waals surface area contributed by atoms with Crippen LogP contribution in [0.15, 0.2) is 53.4 Å². The second-order valence-corrected chi connectivity index (χ2v) is 7.52. The van der Waals surface area contributed by atoms with E-state index in [9.17, 15) is 13.2 Å². The first-order valence-electron chi connectivity index (χ1n) is 8.72. The highest BCUT2D eigenvalue weighted by Crippen LogP contribution is 2.26. The van der Waals surface area contributed by atoms with E-state index >= 15 is 0 Å². The lowest BCUT2D eigenvalue weighted by Crippen LogP contribution is -2.32. The summed E-state index contributed by atoms with van der Waals surface area (Å²) in [5.41, 5.74) is 0.616. The second-order valence-electron chi connectivity index (χ2n) is 5.84. The van der Waals surface area contributed by atoms with Crippen LogP contribution in [0, 0.1) is 0 Å². The molecule has 0 aliphatic heterocycles. The Morgan fingerprint density at radius 3 is 2.50 bits per heavy atom. The molecular formula is C19H26ClN3O4S. The van der Waals surface area contributed by atoms with Gasteiger partial charge in [0.2, 0.25) is 0 Å². The number of rotatable bonds is 10. The van der Waals surface area contributed by atoms with Gasteiger partial charge in [-0.2, -0.15) is 0 Å². The Labute approximate surface area is 172 Å². The van der Waals surface area contributed by atoms with Crippen LogP contribution in [0.3, 0.4) is 0 Å². The van der Waals surface area contributed by atoms with Gasteiger partial charge in [0.15, 0.2) is 0 Å². The van der Waals surface area contributed by atoms with Crippen LogP contribution >= 0.6 is 12.4 Å². The van der Waals surface area contributed by atoms with Crippen molar-refractivity contribution in [2.75, 3.05) is 31.5 Å². The van der Waals surface area contributed by atoms with Crippen LogP contribution in [0.25, 0.3) is 0 Å². The molecule has 2 aromatic carbocycles. The highest BCUT2D eigenvalue weighted by molar-refractivity contribution is 7.92. The van der Waals surface area contributed by atoms with E-state index in [4.69, 9.17) is 4.74 Å². The second kappa shape index (κ2) is 11.5. The quantitative estimate of drug-likeness (QED) is 0.506. The van der Waals surface area contributed by atoms with E-state index in [-0.39, 0.29) is 28.8 Å². The molecule has 154 valence electrons. The van der Waals surface area contributed by atoms with Crippen LogP contribution in [0.5, 0.6) is 5.75 Å². The summed E-state index contributed by atoms with van der Waals surface area (Å²) in [6.45, 7) is 4.08. The Morgan fingerprint density at radius 1 is 1.04 bits per heavy atom. The van der Waals surface area contributed by atoms with Gasteiger partial charge in [-0.15, -0.1) is 12.4 Å². The molecule has 0 saturated carbocycles. The zero-order chi connectivity index (χ0) is 19.7. The van der Waals surface area contributed by atoms with Gasteiger partial charge in [0.05, 0.1) is 17.7 Å². The van der Waals surface area contributed by atoms with E-state index in [0.717, 1.165) is 13.0 Å². The van der Waals surface area contributed by atoms with Crippen molar-refractivity contribution < 1.29 is 17.9 Å². The minimum Gasteiger partial charge on any atom is -0.495 e. The number of carbonyl (C=O) groups excluding carboxylic acids is 1. The number of ether oxygens (including phenoxy) is 1. The number of hydrogen-bond donors (Lipinski definition) is 3. The van der Waals surface area contributed by atoms with Gasteiger partial charge >= 0.3 is 0 Å². The number of methoxy groups -OCH3 is 1. The molecule has 28 heavy (non-hydrogen) atoms. The van der Waals surface area contributed by atoms with Crippen molar-refractivity contribution in [1.29, 1.82) is 0 Å². The van der Waals surface area contributed by atoms with Gasteiger partial charge in [0.1, 0.15) is 5.75 Å². The zero-order valence-corrected chi connectivity index (χ0v) is 17.5. The maximum Gasteiger partial charge on any atom is 0.262 e. The number of sulfonamides is 1. The maximum absolute atomic E-state index is 12.7. The summed E-state index contributed by atoms with van der Waals surface area (Å²) in [5.74, 6) is 0.0946. The molecule has 0 atom stereocenters. The predicted octanol–water partition coefficient (Wildman–Crippen LogP) is 2.65. The van der Waals surface area contributed by atoms with E-state index in [1.54, 1.807) is 36.4 Å². The predicted molar refractivity (Wildman–Crippen MR) is 113 cm³/mol. The van der Waals surface area contributed by atoms with E-state index in [2.05, 4.69) is 22.3 Å². The molecule has 0 bridgehead atoms. The van der Waals surface area contributed by atoms with Gasteiger partial charge in [-0.1, -0.05) is 25.1 Å². The maximum atomic E-state index is 12.7. The number of benzene rings is 2. The molecule has 0 heterocycles. The lowest BCUT2D eigenvalue weighted by atomic mass is 10.2. The van der Waals surface area contributed by atoms with Crippen molar-refractivity contribution in [3.63, 3.8) is 0 Å². The highest BCUT2D eigenvalue weighted by atomic mass is 35.5. The van der Waals surface area contributed by atoms with Crippen molar-refractivity contribution in [3.05, 3.63) is 54.1 Å². The average molecular weight is 428 g/mol. The van der Waals surface area contributed by atoms with Gasteiger partial charge in [-0.3, -0.25) is 9.52 Å². The first-order chi connectivity index (χ1) is 13.0. The molecular weight excluding hydrogens is 402 g/mol. The molecule has 0 aliphatic carbocycles. The smallest absolute Gasteiger partial charge is 0.262 e. The van der Waals surface area contributed by atoms with Gasteiger partial charge in [-0.05, 0) is 43.3 Å². The van der Waals surface area contributed by atoms with E-state index in [1.165, 1.54) is 19.2 Å². The monoisotopic (exact) mass is 427 g/mol. The van der Waals surface area contributed by atoms with E-state index in [0.29, 0.717) is 24.5 Å². The van der Waals surface area contributed by atoms with Crippen molar-refractivity contribution in [3.8, 4) is 5.75 Å². The Kier molecular flexibility index (Phi) is 9.78. The largest absolute Gasteiger partial charge is 0.495 e. The number of hydrogen-bond acceptors (Lipinski definition) is 5. The van der Waals surface area contributed by atoms with Crippen LogP contribution in [-0.2, 0) is 10.0 Å². The summed E-state index contributed by atoms with van der Waals surface area (Å²) in [5, 5.41) is 5.95. The molecule has 7 nitrogen and oxygen atoms in total. The normalized spacial score (nSPS) is 10.6. The summed E-state index contributed by atoms with van der Waals surface area (Å²) in [4.78, 5) is 12.2. The van der Waals surface area contributed by atoms with E-state index < -0.39 is 10.0 Å². The van der Waals surface area contributed by atoms with Gasteiger partial charge < -0.3 is 15.4 Å². The third kappa shape index (κ3) is 6.70. The van der Waals surface area contributed by atoms with Crippen molar-refractivity contribution in [2.24, 2.45) is 0 Å². The van der Waals surface area contributed by atoms with E-state index in [1.807, 2.05) is 0 Å². The summed E-state index contributed by atoms with van der Waals surface area (Å²) >= 11 is 0. The molecule has 0 saturated heterocycles. The molecule has 9 heteroatoms. The van der Waals surface area contributed by atoms with Crippen molar-refractivity contribution in [1.82, 2.24) is 10.6 Å². The molecule has 1 amide bonds. The minimum atomic E-state index is -3.86. The van der Waals surface area contributed by atoms with Gasteiger partial charge in [0, 0.05) is 18.7 Å². The number of amides is 1. The molecule has 3 N–H and O–H groups in total. The van der Waals surface area contributed by atoms with Crippen LogP contribution < -0.4 is 20.1 Å². The number of para-hydroxylation sites is 2. The average Bonchev–Trinajstić information content (AvgIpc) is 2.68. The topological polar surface area (TPSA) is 96.5 Å². The fourth-order valence-electron chi connectivity index (χ4n) is 2.41. The van der Waals surface area contributed by atoms with Crippen LogP contribution in [0.4, 0.5) is 5.69 Å². The zero-order valence-electron chi connectivity index (χ0n) is 15.9. The molecule has 0 unspecified atom stereocenters. The van der Waals surface area contributed by atoms with Crippen molar-refractivity contribution in [2.45, 2.75) is 18.2 Å². The molecule has 0 spiro atoms. The summed E-state index contributed by atoms with van der Waals surface area (Å²) in [6, 6.07) is 12.6. The highest BCUT2D eigenvalue weighted by Gasteiger charge is 2.18.